The van der Waals surface area contributed by atoms with Crippen molar-refractivity contribution in [1.29, 1.82) is 0 Å². The summed E-state index contributed by atoms with van der Waals surface area (Å²) in [5.74, 6) is -3.30. The van der Waals surface area contributed by atoms with Crippen LogP contribution in [0.15, 0.2) is 64.9 Å². The highest BCUT2D eigenvalue weighted by Crippen LogP contribution is 2.38. The number of oxime groups is 2. The van der Waals surface area contributed by atoms with E-state index in [1.807, 2.05) is 30.3 Å². The highest BCUT2D eigenvalue weighted by atomic mass is 19.4. The highest BCUT2D eigenvalue weighted by Gasteiger charge is 2.60. The summed E-state index contributed by atoms with van der Waals surface area (Å²) in [6.07, 6.45) is -5.33. The van der Waals surface area contributed by atoms with Gasteiger partial charge in [-0.25, -0.2) is 0 Å². The number of hydrogen-bond donors (Lipinski definition) is 2. The third-order valence-corrected chi connectivity index (χ3v) is 4.04. The van der Waals surface area contributed by atoms with Gasteiger partial charge in [0.2, 0.25) is 0 Å². The van der Waals surface area contributed by atoms with Crippen molar-refractivity contribution in [2.45, 2.75) is 24.8 Å². The Hall–Kier alpha value is -2.87. The largest absolute Gasteiger partial charge is 0.458 e. The maximum atomic E-state index is 12.8. The minimum Gasteiger partial charge on any atom is -0.411 e. The Morgan fingerprint density at radius 3 is 2.31 bits per heavy atom. The Morgan fingerprint density at radius 2 is 1.77 bits per heavy atom. The molecule has 1 aliphatic rings. The van der Waals surface area contributed by atoms with E-state index in [1.165, 1.54) is 12.1 Å². The first-order chi connectivity index (χ1) is 12.3. The minimum absolute atomic E-state index is 0.0121. The lowest BCUT2D eigenvalue weighted by Gasteiger charge is -2.22. The van der Waals surface area contributed by atoms with Gasteiger partial charge in [-0.3, -0.25) is 0 Å². The summed E-state index contributed by atoms with van der Waals surface area (Å²) in [4.78, 5) is 4.20. The van der Waals surface area contributed by atoms with Crippen LogP contribution < -0.4 is 0 Å². The molecule has 1 unspecified atom stereocenters. The highest BCUT2D eigenvalue weighted by molar-refractivity contribution is 6.04. The molecule has 0 spiro atoms. The summed E-state index contributed by atoms with van der Waals surface area (Å²) >= 11 is 0. The average molecular weight is 364 g/mol. The molecule has 2 N–H and O–H groups in total. The molecule has 0 fully saturated rings. The zero-order valence-corrected chi connectivity index (χ0v) is 13.4. The molecule has 136 valence electrons. The first-order valence-corrected chi connectivity index (χ1v) is 7.72. The van der Waals surface area contributed by atoms with Crippen LogP contribution in [0.25, 0.3) is 0 Å². The van der Waals surface area contributed by atoms with Crippen molar-refractivity contribution in [1.82, 2.24) is 0 Å². The molecule has 1 heterocycles. The van der Waals surface area contributed by atoms with Crippen LogP contribution in [0.1, 0.15) is 23.1 Å². The molecule has 2 aromatic rings. The average Bonchev–Trinajstić information content (AvgIpc) is 3.04. The summed E-state index contributed by atoms with van der Waals surface area (Å²) in [5.41, 5.74) is 2.35. The minimum atomic E-state index is -4.94. The Labute approximate surface area is 147 Å². The van der Waals surface area contributed by atoms with E-state index in [2.05, 4.69) is 15.1 Å². The van der Waals surface area contributed by atoms with Crippen molar-refractivity contribution >= 4 is 11.4 Å². The fraction of sp³-hybridized carbons (Fsp3) is 0.222. The third kappa shape index (κ3) is 3.55. The van der Waals surface area contributed by atoms with Gasteiger partial charge in [-0.05, 0) is 16.7 Å². The SMILES string of the molecule is O/N=C(\Cc1ccccc1)c1ccc(C2=NOC(O)(C(F)(F)F)C2)cc1. The van der Waals surface area contributed by atoms with Crippen molar-refractivity contribution in [2.75, 3.05) is 0 Å². The van der Waals surface area contributed by atoms with Crippen LogP contribution in [-0.2, 0) is 11.3 Å². The molecule has 2 aromatic carbocycles. The van der Waals surface area contributed by atoms with E-state index in [0.717, 1.165) is 5.56 Å². The van der Waals surface area contributed by atoms with E-state index in [1.54, 1.807) is 12.1 Å². The lowest BCUT2D eigenvalue weighted by molar-refractivity contribution is -0.355. The topological polar surface area (TPSA) is 74.4 Å². The number of benzene rings is 2. The van der Waals surface area contributed by atoms with Crippen molar-refractivity contribution in [3.63, 3.8) is 0 Å². The maximum absolute atomic E-state index is 12.8. The lowest BCUT2D eigenvalue weighted by Crippen LogP contribution is -2.45. The normalized spacial score (nSPS) is 20.6. The van der Waals surface area contributed by atoms with Crippen LogP contribution >= 0.6 is 0 Å². The van der Waals surface area contributed by atoms with Gasteiger partial charge in [0, 0.05) is 6.42 Å². The van der Waals surface area contributed by atoms with Crippen LogP contribution in [-0.4, -0.2) is 33.7 Å². The Balaban J connectivity index is 1.75. The third-order valence-electron chi connectivity index (χ3n) is 4.04. The van der Waals surface area contributed by atoms with Gasteiger partial charge in [0.15, 0.2) is 0 Å². The van der Waals surface area contributed by atoms with E-state index >= 15 is 0 Å². The van der Waals surface area contributed by atoms with Crippen molar-refractivity contribution in [3.05, 3.63) is 71.3 Å². The quantitative estimate of drug-likeness (QED) is 0.496. The lowest BCUT2D eigenvalue weighted by atomic mass is 9.98. The van der Waals surface area contributed by atoms with Crippen LogP contribution in [0.3, 0.4) is 0 Å². The molecule has 8 heteroatoms. The van der Waals surface area contributed by atoms with Gasteiger partial charge in [-0.15, -0.1) is 0 Å². The number of hydrogen-bond acceptors (Lipinski definition) is 5. The molecule has 0 bridgehead atoms. The number of rotatable bonds is 4. The van der Waals surface area contributed by atoms with E-state index in [9.17, 15) is 23.5 Å². The van der Waals surface area contributed by atoms with Gasteiger partial charge < -0.3 is 15.2 Å². The van der Waals surface area contributed by atoms with Crippen molar-refractivity contribution in [2.24, 2.45) is 10.3 Å². The fourth-order valence-electron chi connectivity index (χ4n) is 2.57. The Kier molecular flexibility index (Phi) is 4.69. The van der Waals surface area contributed by atoms with Gasteiger partial charge in [-0.2, -0.15) is 13.2 Å². The zero-order chi connectivity index (χ0) is 18.8. The molecule has 0 saturated carbocycles. The number of nitrogens with zero attached hydrogens (tertiary/aromatic N) is 2. The first kappa shape index (κ1) is 17.9. The van der Waals surface area contributed by atoms with Gasteiger partial charge in [-0.1, -0.05) is 64.9 Å². The summed E-state index contributed by atoms with van der Waals surface area (Å²) in [6, 6.07) is 15.7. The molecule has 1 atom stereocenters. The summed E-state index contributed by atoms with van der Waals surface area (Å²) < 4.78 is 38.3. The molecule has 5 nitrogen and oxygen atoms in total. The summed E-state index contributed by atoms with van der Waals surface area (Å²) in [5, 5.41) is 25.4. The predicted octanol–water partition coefficient (Wildman–Crippen LogP) is 3.48. The second-order valence-electron chi connectivity index (χ2n) is 5.87. The van der Waals surface area contributed by atoms with E-state index in [4.69, 9.17) is 0 Å². The van der Waals surface area contributed by atoms with Crippen LogP contribution in [0, 0.1) is 0 Å². The Bertz CT molecular complexity index is 833. The molecule has 3 rings (SSSR count). The smallest absolute Gasteiger partial charge is 0.411 e. The standard InChI is InChI=1S/C18H15F3N2O3/c19-18(20,21)17(24)11-16(23-26-17)14-8-6-13(7-9-14)15(22-25)10-12-4-2-1-3-5-12/h1-9,24-25H,10-11H2/b22-15+. The number of aliphatic hydroxyl groups is 1. The first-order valence-electron chi connectivity index (χ1n) is 7.72. The number of halogens is 3. The molecule has 0 radical (unpaired) electrons. The van der Waals surface area contributed by atoms with Gasteiger partial charge >= 0.3 is 12.0 Å². The molecule has 1 aliphatic heterocycles. The molecule has 0 aliphatic carbocycles. The van der Waals surface area contributed by atoms with Crippen LogP contribution in [0.4, 0.5) is 13.2 Å². The molecule has 0 amide bonds. The Morgan fingerprint density at radius 1 is 1.12 bits per heavy atom. The van der Waals surface area contributed by atoms with E-state index < -0.39 is 18.4 Å². The van der Waals surface area contributed by atoms with Gasteiger partial charge in [0.1, 0.15) is 0 Å². The van der Waals surface area contributed by atoms with Crippen molar-refractivity contribution < 1.29 is 28.3 Å². The summed E-state index contributed by atoms with van der Waals surface area (Å²) in [6.45, 7) is 0. The predicted molar refractivity (Wildman–Crippen MR) is 88.2 cm³/mol. The van der Waals surface area contributed by atoms with Gasteiger partial charge in [0.05, 0.1) is 17.8 Å². The van der Waals surface area contributed by atoms with E-state index in [0.29, 0.717) is 23.3 Å². The molecule has 0 aromatic heterocycles. The van der Waals surface area contributed by atoms with Crippen LogP contribution in [0.5, 0.6) is 0 Å². The van der Waals surface area contributed by atoms with E-state index in [-0.39, 0.29) is 5.71 Å². The second-order valence-corrected chi connectivity index (χ2v) is 5.87. The molecule has 0 saturated heterocycles. The second kappa shape index (κ2) is 6.80. The summed E-state index contributed by atoms with van der Waals surface area (Å²) in [7, 11) is 0. The monoisotopic (exact) mass is 364 g/mol. The zero-order valence-electron chi connectivity index (χ0n) is 13.4. The molecular formula is C18H15F3N2O3. The molecule has 26 heavy (non-hydrogen) atoms. The fourth-order valence-corrected chi connectivity index (χ4v) is 2.57. The maximum Gasteiger partial charge on any atom is 0.458 e. The van der Waals surface area contributed by atoms with Crippen LogP contribution in [0.2, 0.25) is 0 Å². The molecular weight excluding hydrogens is 349 g/mol. The number of alkyl halides is 3. The van der Waals surface area contributed by atoms with Crippen molar-refractivity contribution in [3.8, 4) is 0 Å². The van der Waals surface area contributed by atoms with Gasteiger partial charge in [0.25, 0.3) is 0 Å².